The molecule has 3 rings (SSSR count). The Morgan fingerprint density at radius 2 is 2.12 bits per heavy atom. The molecule has 0 saturated carbocycles. The van der Waals surface area contributed by atoms with Crippen molar-refractivity contribution in [2.24, 2.45) is 0 Å². The fraction of sp³-hybridized carbons (Fsp3) is 0.350. The number of benzene rings is 2. The fourth-order valence-electron chi connectivity index (χ4n) is 3.18. The first kappa shape index (κ1) is 18.2. The lowest BCUT2D eigenvalue weighted by molar-refractivity contribution is -0.105. The summed E-state index contributed by atoms with van der Waals surface area (Å²) < 4.78 is 11.1. The number of anilines is 1. The lowest BCUT2D eigenvalue weighted by Crippen LogP contribution is -2.32. The van der Waals surface area contributed by atoms with E-state index in [1.165, 1.54) is 5.56 Å². The molecule has 0 radical (unpaired) electrons. The molecule has 1 saturated heterocycles. The standard InChI is InChI=1S/C20H24N2O4/c1-14(9-15-3-6-17(25-2)7-4-15)22-11-20(26-13-22)16-5-8-19(24)18(10-16)21-12-23/h3-8,10,12,14,20,24H,9,11,13H2,1-2H3,(H,21,23)/t14-,20+/m0/s1. The molecule has 1 aliphatic rings. The molecule has 2 aromatic carbocycles. The zero-order valence-corrected chi connectivity index (χ0v) is 15.0. The van der Waals surface area contributed by atoms with Crippen molar-refractivity contribution >= 4 is 12.1 Å². The summed E-state index contributed by atoms with van der Waals surface area (Å²) in [6.45, 7) is 3.51. The molecule has 0 unspecified atom stereocenters. The number of phenols is 1. The van der Waals surface area contributed by atoms with Crippen molar-refractivity contribution < 1.29 is 19.4 Å². The molecule has 1 fully saturated rings. The Kier molecular flexibility index (Phi) is 5.75. The van der Waals surface area contributed by atoms with E-state index in [9.17, 15) is 9.90 Å². The SMILES string of the molecule is COc1ccc(C[C@H](C)N2CO[C@@H](c3ccc(O)c(NC=O)c3)C2)cc1. The quantitative estimate of drug-likeness (QED) is 0.590. The highest BCUT2D eigenvalue weighted by Gasteiger charge is 2.28. The van der Waals surface area contributed by atoms with Gasteiger partial charge >= 0.3 is 0 Å². The topological polar surface area (TPSA) is 71.0 Å². The minimum atomic E-state index is -0.0823. The number of nitrogens with zero attached hydrogens (tertiary/aromatic N) is 1. The molecular weight excluding hydrogens is 332 g/mol. The van der Waals surface area contributed by atoms with E-state index in [4.69, 9.17) is 9.47 Å². The molecule has 0 spiro atoms. The predicted molar refractivity (Wildman–Crippen MR) is 99.4 cm³/mol. The van der Waals surface area contributed by atoms with Gasteiger partial charge in [-0.05, 0) is 48.7 Å². The van der Waals surface area contributed by atoms with Crippen LogP contribution < -0.4 is 10.1 Å². The van der Waals surface area contributed by atoms with E-state index in [0.717, 1.165) is 24.3 Å². The molecule has 2 atom stereocenters. The van der Waals surface area contributed by atoms with Gasteiger partial charge in [-0.3, -0.25) is 9.69 Å². The number of methoxy groups -OCH3 is 1. The van der Waals surface area contributed by atoms with Crippen LogP contribution in [0.2, 0.25) is 0 Å². The summed E-state index contributed by atoms with van der Waals surface area (Å²) in [5.74, 6) is 0.904. The third-order valence-corrected chi connectivity index (χ3v) is 4.76. The molecule has 6 heteroatoms. The first-order valence-electron chi connectivity index (χ1n) is 8.62. The van der Waals surface area contributed by atoms with Gasteiger partial charge in [-0.15, -0.1) is 0 Å². The summed E-state index contributed by atoms with van der Waals surface area (Å²) in [5.41, 5.74) is 2.58. The molecule has 0 aliphatic carbocycles. The molecule has 1 heterocycles. The number of hydrogen-bond donors (Lipinski definition) is 2. The molecule has 1 aliphatic heterocycles. The van der Waals surface area contributed by atoms with Crippen LogP contribution in [0.25, 0.3) is 0 Å². The number of rotatable bonds is 7. The summed E-state index contributed by atoms with van der Waals surface area (Å²) in [6, 6.07) is 13.6. The second-order valence-electron chi connectivity index (χ2n) is 6.50. The van der Waals surface area contributed by atoms with Gasteiger partial charge in [0.2, 0.25) is 6.41 Å². The smallest absolute Gasteiger partial charge is 0.211 e. The predicted octanol–water partition coefficient (Wildman–Crippen LogP) is 2.93. The zero-order chi connectivity index (χ0) is 18.5. The second-order valence-corrected chi connectivity index (χ2v) is 6.50. The molecule has 6 nitrogen and oxygen atoms in total. The van der Waals surface area contributed by atoms with Crippen LogP contribution in [0.5, 0.6) is 11.5 Å². The highest BCUT2D eigenvalue weighted by Crippen LogP contribution is 2.32. The van der Waals surface area contributed by atoms with Gasteiger partial charge < -0.3 is 19.9 Å². The van der Waals surface area contributed by atoms with Gasteiger partial charge in [-0.25, -0.2) is 0 Å². The molecule has 1 amide bonds. The van der Waals surface area contributed by atoms with Crippen LogP contribution >= 0.6 is 0 Å². The van der Waals surface area contributed by atoms with Gasteiger partial charge in [-0.1, -0.05) is 18.2 Å². The number of ether oxygens (including phenoxy) is 2. The van der Waals surface area contributed by atoms with Crippen molar-refractivity contribution in [2.45, 2.75) is 25.5 Å². The minimum Gasteiger partial charge on any atom is -0.506 e. The van der Waals surface area contributed by atoms with Crippen molar-refractivity contribution in [3.63, 3.8) is 0 Å². The molecule has 0 aromatic heterocycles. The molecule has 0 bridgehead atoms. The van der Waals surface area contributed by atoms with Gasteiger partial charge in [0.05, 0.1) is 18.9 Å². The summed E-state index contributed by atoms with van der Waals surface area (Å²) >= 11 is 0. The van der Waals surface area contributed by atoms with E-state index in [1.54, 1.807) is 19.2 Å². The second kappa shape index (κ2) is 8.21. The molecule has 2 aromatic rings. The molecule has 26 heavy (non-hydrogen) atoms. The first-order chi connectivity index (χ1) is 12.6. The van der Waals surface area contributed by atoms with Crippen molar-refractivity contribution in [3.8, 4) is 11.5 Å². The maximum atomic E-state index is 10.6. The Hall–Kier alpha value is -2.57. The minimum absolute atomic E-state index is 0.0450. The Balaban J connectivity index is 1.62. The van der Waals surface area contributed by atoms with E-state index >= 15 is 0 Å². The van der Waals surface area contributed by atoms with Gasteiger partial charge in [0.1, 0.15) is 18.2 Å². The Labute approximate surface area is 153 Å². The van der Waals surface area contributed by atoms with Gasteiger partial charge in [-0.2, -0.15) is 0 Å². The monoisotopic (exact) mass is 356 g/mol. The van der Waals surface area contributed by atoms with Crippen LogP contribution in [0, 0.1) is 0 Å². The van der Waals surface area contributed by atoms with Crippen LogP contribution in [-0.4, -0.2) is 42.8 Å². The Bertz CT molecular complexity index is 748. The van der Waals surface area contributed by atoms with Crippen LogP contribution in [0.4, 0.5) is 5.69 Å². The summed E-state index contributed by atoms with van der Waals surface area (Å²) in [6.07, 6.45) is 1.40. The highest BCUT2D eigenvalue weighted by atomic mass is 16.5. The third kappa shape index (κ3) is 4.15. The number of amides is 1. The normalized spacial score (nSPS) is 18.5. The van der Waals surface area contributed by atoms with Crippen LogP contribution in [0.1, 0.15) is 24.2 Å². The summed E-state index contributed by atoms with van der Waals surface area (Å²) in [5, 5.41) is 12.3. The maximum Gasteiger partial charge on any atom is 0.211 e. The van der Waals surface area contributed by atoms with Crippen molar-refractivity contribution in [1.82, 2.24) is 4.90 Å². The van der Waals surface area contributed by atoms with Crippen LogP contribution in [0.15, 0.2) is 42.5 Å². The molecular formula is C20H24N2O4. The van der Waals surface area contributed by atoms with Gasteiger partial charge in [0.25, 0.3) is 0 Å². The van der Waals surface area contributed by atoms with Gasteiger partial charge in [0.15, 0.2) is 0 Å². The molecule has 2 N–H and O–H groups in total. The maximum absolute atomic E-state index is 10.6. The Morgan fingerprint density at radius 1 is 1.35 bits per heavy atom. The number of carbonyl (C=O) groups is 1. The first-order valence-corrected chi connectivity index (χ1v) is 8.62. The zero-order valence-electron chi connectivity index (χ0n) is 15.0. The largest absolute Gasteiger partial charge is 0.506 e. The van der Waals surface area contributed by atoms with E-state index in [2.05, 4.69) is 29.3 Å². The third-order valence-electron chi connectivity index (χ3n) is 4.76. The van der Waals surface area contributed by atoms with E-state index < -0.39 is 0 Å². The summed E-state index contributed by atoms with van der Waals surface area (Å²) in [7, 11) is 1.67. The number of carbonyl (C=O) groups excluding carboxylic acids is 1. The van der Waals surface area contributed by atoms with Gasteiger partial charge in [0, 0.05) is 12.6 Å². The highest BCUT2D eigenvalue weighted by molar-refractivity contribution is 5.75. The lowest BCUT2D eigenvalue weighted by atomic mass is 10.0. The Morgan fingerprint density at radius 3 is 2.81 bits per heavy atom. The number of hydrogen-bond acceptors (Lipinski definition) is 5. The average molecular weight is 356 g/mol. The van der Waals surface area contributed by atoms with E-state index in [-0.39, 0.29) is 11.9 Å². The lowest BCUT2D eigenvalue weighted by Gasteiger charge is -2.22. The number of aromatic hydroxyl groups is 1. The average Bonchev–Trinajstić information content (AvgIpc) is 3.15. The van der Waals surface area contributed by atoms with Crippen molar-refractivity contribution in [1.29, 1.82) is 0 Å². The van der Waals surface area contributed by atoms with Crippen LogP contribution in [0.3, 0.4) is 0 Å². The number of nitrogens with one attached hydrogen (secondary N) is 1. The van der Waals surface area contributed by atoms with E-state index in [0.29, 0.717) is 24.9 Å². The van der Waals surface area contributed by atoms with Crippen LogP contribution in [-0.2, 0) is 16.0 Å². The van der Waals surface area contributed by atoms with Crippen molar-refractivity contribution in [3.05, 3.63) is 53.6 Å². The number of phenolic OH excluding ortho intramolecular Hbond substituents is 1. The fourth-order valence-corrected chi connectivity index (χ4v) is 3.18. The van der Waals surface area contributed by atoms with Crippen molar-refractivity contribution in [2.75, 3.05) is 25.7 Å². The van der Waals surface area contributed by atoms with E-state index in [1.807, 2.05) is 18.2 Å². The summed E-state index contributed by atoms with van der Waals surface area (Å²) in [4.78, 5) is 12.9. The molecule has 138 valence electrons.